The first-order chi connectivity index (χ1) is 19.5. The van der Waals surface area contributed by atoms with Crippen molar-refractivity contribution in [2.24, 2.45) is 11.5 Å². The number of hydrogen-bond donors (Lipinski definition) is 7. The molecular formula is C27H38N8O5S. The Balaban J connectivity index is 1.82. The average Bonchev–Trinajstić information content (AvgIpc) is 2.93. The lowest BCUT2D eigenvalue weighted by molar-refractivity contribution is -0.134. The molecule has 41 heavy (non-hydrogen) atoms. The molecule has 14 heteroatoms. The van der Waals surface area contributed by atoms with Crippen LogP contribution in [0.15, 0.2) is 53.4 Å². The summed E-state index contributed by atoms with van der Waals surface area (Å²) in [7, 11) is -4.20. The molecular weight excluding hydrogens is 548 g/mol. The van der Waals surface area contributed by atoms with E-state index in [0.29, 0.717) is 43.6 Å². The second-order valence-corrected chi connectivity index (χ2v) is 11.4. The minimum absolute atomic E-state index is 0.0171. The molecule has 0 bridgehead atoms. The molecule has 3 rings (SSSR count). The monoisotopic (exact) mass is 586 g/mol. The van der Waals surface area contributed by atoms with Crippen molar-refractivity contribution >= 4 is 39.4 Å². The van der Waals surface area contributed by atoms with Gasteiger partial charge in [-0.25, -0.2) is 13.2 Å². The molecule has 1 heterocycles. The molecule has 2 aromatic rings. The Bertz CT molecular complexity index is 1360. The van der Waals surface area contributed by atoms with Crippen molar-refractivity contribution in [3.05, 3.63) is 59.7 Å². The third kappa shape index (κ3) is 9.27. The van der Waals surface area contributed by atoms with Crippen LogP contribution in [0.2, 0.25) is 0 Å². The Hall–Kier alpha value is -4.01. The highest BCUT2D eigenvalue weighted by atomic mass is 32.2. The van der Waals surface area contributed by atoms with Gasteiger partial charge in [-0.15, -0.1) is 0 Å². The maximum absolute atomic E-state index is 13.7. The quantitative estimate of drug-likeness (QED) is 0.138. The molecule has 2 aromatic carbocycles. The fraction of sp³-hybridized carbons (Fsp3) is 0.407. The van der Waals surface area contributed by atoms with Gasteiger partial charge in [0.25, 0.3) is 0 Å². The van der Waals surface area contributed by atoms with E-state index in [2.05, 4.69) is 20.7 Å². The van der Waals surface area contributed by atoms with Gasteiger partial charge >= 0.3 is 6.03 Å². The van der Waals surface area contributed by atoms with Gasteiger partial charge in [-0.05, 0) is 56.0 Å². The lowest BCUT2D eigenvalue weighted by atomic mass is 10.0. The Morgan fingerprint density at radius 2 is 1.80 bits per heavy atom. The number of urea groups is 1. The molecule has 0 aliphatic carbocycles. The second-order valence-electron chi connectivity index (χ2n) is 9.71. The molecule has 1 fully saturated rings. The first kappa shape index (κ1) is 31.5. The van der Waals surface area contributed by atoms with Crippen LogP contribution in [0.4, 0.5) is 10.5 Å². The molecule has 1 aliphatic rings. The summed E-state index contributed by atoms with van der Waals surface area (Å²) in [5.74, 6) is -0.908. The van der Waals surface area contributed by atoms with Crippen LogP contribution >= 0.6 is 0 Å². The molecule has 1 atom stereocenters. The van der Waals surface area contributed by atoms with E-state index < -0.39 is 22.0 Å². The maximum Gasteiger partial charge on any atom is 0.314 e. The van der Waals surface area contributed by atoms with Crippen molar-refractivity contribution < 1.29 is 22.8 Å². The topological polar surface area (TPSA) is 213 Å². The van der Waals surface area contributed by atoms with Crippen molar-refractivity contribution in [1.29, 1.82) is 5.41 Å². The zero-order chi connectivity index (χ0) is 30.0. The number of nitrogens with zero attached hydrogens (tertiary/aromatic N) is 1. The number of amidine groups is 1. The van der Waals surface area contributed by atoms with Crippen LogP contribution in [0.1, 0.15) is 37.3 Å². The third-order valence-corrected chi connectivity index (χ3v) is 8.02. The van der Waals surface area contributed by atoms with Gasteiger partial charge in [0.15, 0.2) is 0 Å². The predicted octanol–water partition coefficient (Wildman–Crippen LogP) is 0.458. The molecule has 0 radical (unpaired) electrons. The summed E-state index contributed by atoms with van der Waals surface area (Å²) in [6.07, 6.45) is 1.14. The van der Waals surface area contributed by atoms with Crippen molar-refractivity contribution in [2.75, 3.05) is 31.5 Å². The van der Waals surface area contributed by atoms with Crippen LogP contribution in [0.25, 0.3) is 0 Å². The van der Waals surface area contributed by atoms with E-state index in [9.17, 15) is 22.8 Å². The fourth-order valence-electron chi connectivity index (χ4n) is 4.49. The molecule has 0 unspecified atom stereocenters. The lowest BCUT2D eigenvalue weighted by Gasteiger charge is -2.34. The number of nitrogens with one attached hydrogen (secondary N) is 5. The van der Waals surface area contributed by atoms with Gasteiger partial charge in [0, 0.05) is 49.9 Å². The number of carbonyl (C=O) groups excluding carboxylic acids is 3. The summed E-state index contributed by atoms with van der Waals surface area (Å²) in [6.45, 7) is 3.15. The summed E-state index contributed by atoms with van der Waals surface area (Å²) in [4.78, 5) is 39.0. The molecule has 13 nitrogen and oxygen atoms in total. The minimum Gasteiger partial charge on any atom is -0.384 e. The number of benzene rings is 2. The summed E-state index contributed by atoms with van der Waals surface area (Å²) in [5, 5.41) is 15.9. The standard InChI is InChI=1S/C27H38N8O5S/c1-2-31-27(38)33-20-10-13-35(14-11-20)26(37)23(16-18-5-3-6-19(15-18)25(29)30)34-41(39,40)22-8-4-7-21(17-22)32-24(36)9-12-28/h3-8,15,17,20,23,34H,2,9-14,16,28H2,1H3,(H3,29,30)(H,32,36)(H2,31,33,38)/t23-/m0/s1. The number of rotatable bonds is 12. The molecule has 9 N–H and O–H groups in total. The summed E-state index contributed by atoms with van der Waals surface area (Å²) in [5.41, 5.74) is 12.4. The molecule has 1 saturated heterocycles. The highest BCUT2D eigenvalue weighted by Gasteiger charge is 2.32. The van der Waals surface area contributed by atoms with Crippen molar-refractivity contribution in [3.63, 3.8) is 0 Å². The average molecular weight is 587 g/mol. The van der Waals surface area contributed by atoms with E-state index in [1.54, 1.807) is 35.2 Å². The summed E-state index contributed by atoms with van der Waals surface area (Å²) < 4.78 is 29.5. The van der Waals surface area contributed by atoms with Crippen LogP contribution in [0.5, 0.6) is 0 Å². The van der Waals surface area contributed by atoms with E-state index in [4.69, 9.17) is 16.9 Å². The van der Waals surface area contributed by atoms with Gasteiger partial charge < -0.3 is 32.3 Å². The number of nitrogen functional groups attached to an aromatic ring is 1. The molecule has 4 amide bonds. The Morgan fingerprint density at radius 1 is 1.10 bits per heavy atom. The third-order valence-electron chi connectivity index (χ3n) is 6.55. The van der Waals surface area contributed by atoms with E-state index in [1.807, 2.05) is 6.92 Å². The van der Waals surface area contributed by atoms with E-state index in [0.717, 1.165) is 0 Å². The van der Waals surface area contributed by atoms with Crippen LogP contribution < -0.4 is 32.1 Å². The lowest BCUT2D eigenvalue weighted by Crippen LogP contribution is -2.54. The number of piperidine rings is 1. The van der Waals surface area contributed by atoms with Gasteiger partial charge in [0.1, 0.15) is 11.9 Å². The molecule has 222 valence electrons. The van der Waals surface area contributed by atoms with Crippen molar-refractivity contribution in [2.45, 2.75) is 49.6 Å². The molecule has 0 saturated carbocycles. The predicted molar refractivity (Wildman–Crippen MR) is 156 cm³/mol. The Kier molecular flexibility index (Phi) is 11.2. The second kappa shape index (κ2) is 14.6. The number of hydrogen-bond acceptors (Lipinski definition) is 7. The van der Waals surface area contributed by atoms with E-state index in [-0.39, 0.29) is 53.8 Å². The number of amides is 4. The van der Waals surface area contributed by atoms with Crippen LogP contribution in [0.3, 0.4) is 0 Å². The number of nitrogens with two attached hydrogens (primary N) is 2. The summed E-state index contributed by atoms with van der Waals surface area (Å²) >= 11 is 0. The van der Waals surface area contributed by atoms with Crippen LogP contribution in [-0.2, 0) is 26.0 Å². The van der Waals surface area contributed by atoms with Gasteiger partial charge in [0.2, 0.25) is 21.8 Å². The zero-order valence-electron chi connectivity index (χ0n) is 23.0. The van der Waals surface area contributed by atoms with Crippen molar-refractivity contribution in [3.8, 4) is 0 Å². The number of sulfonamides is 1. The zero-order valence-corrected chi connectivity index (χ0v) is 23.8. The van der Waals surface area contributed by atoms with Gasteiger partial charge in [-0.2, -0.15) is 4.72 Å². The SMILES string of the molecule is CCNC(=O)NC1CCN(C(=O)[C@H](Cc2cccc(C(=N)N)c2)NS(=O)(=O)c2cccc(NC(=O)CCN)c2)CC1. The highest BCUT2D eigenvalue weighted by Crippen LogP contribution is 2.19. The van der Waals surface area contributed by atoms with Crippen molar-refractivity contribution in [1.82, 2.24) is 20.3 Å². The number of likely N-dealkylation sites (tertiary alicyclic amines) is 1. The maximum atomic E-state index is 13.7. The highest BCUT2D eigenvalue weighted by molar-refractivity contribution is 7.89. The van der Waals surface area contributed by atoms with E-state index in [1.165, 1.54) is 18.2 Å². The molecule has 1 aliphatic heterocycles. The largest absolute Gasteiger partial charge is 0.384 e. The van der Waals surface area contributed by atoms with E-state index >= 15 is 0 Å². The Labute approximate surface area is 240 Å². The van der Waals surface area contributed by atoms with Gasteiger partial charge in [-0.1, -0.05) is 24.3 Å². The van der Waals surface area contributed by atoms with Gasteiger partial charge in [0.05, 0.1) is 4.90 Å². The number of anilines is 1. The Morgan fingerprint density at radius 3 is 2.46 bits per heavy atom. The molecule has 0 aromatic heterocycles. The molecule has 0 spiro atoms. The minimum atomic E-state index is -4.20. The van der Waals surface area contributed by atoms with Crippen LogP contribution in [0, 0.1) is 5.41 Å². The number of carbonyl (C=O) groups is 3. The normalized spacial score (nSPS) is 14.6. The van der Waals surface area contributed by atoms with Crippen LogP contribution in [-0.4, -0.2) is 75.3 Å². The summed E-state index contributed by atoms with van der Waals surface area (Å²) in [6, 6.07) is 10.9. The fourth-order valence-corrected chi connectivity index (χ4v) is 5.73. The van der Waals surface area contributed by atoms with Gasteiger partial charge in [-0.3, -0.25) is 15.0 Å². The first-order valence-corrected chi connectivity index (χ1v) is 14.9. The smallest absolute Gasteiger partial charge is 0.314 e. The first-order valence-electron chi connectivity index (χ1n) is 13.4.